The number of hydrogen-bond donors (Lipinski definition) is 1. The molecule has 1 saturated heterocycles. The highest BCUT2D eigenvalue weighted by molar-refractivity contribution is 9.10. The minimum atomic E-state index is -0.147. The standard InChI is InChI=1S/C11H11BrN2O3/c12-10-11(15)13-7-8(14-10)3-1-5-16-9-4-2-6-17-9/h7,9H,2,4-6H2,(H,13,15). The average Bonchev–Trinajstić information content (AvgIpc) is 2.82. The first-order chi connectivity index (χ1) is 8.25. The number of ether oxygens (including phenoxy) is 2. The summed E-state index contributed by atoms with van der Waals surface area (Å²) in [5, 5.41) is 9.15. The Kier molecular flexibility index (Phi) is 4.31. The maximum atomic E-state index is 9.15. The Labute approximate surface area is 107 Å². The Morgan fingerprint density at radius 2 is 2.53 bits per heavy atom. The molecule has 1 aromatic heterocycles. The molecule has 0 saturated carbocycles. The predicted octanol–water partition coefficient (Wildman–Crippen LogP) is 1.45. The second-order valence-electron chi connectivity index (χ2n) is 3.43. The monoisotopic (exact) mass is 298 g/mol. The van der Waals surface area contributed by atoms with Crippen LogP contribution in [-0.4, -0.2) is 34.6 Å². The van der Waals surface area contributed by atoms with Gasteiger partial charge in [0.2, 0.25) is 5.88 Å². The number of halogens is 1. The number of hydrogen-bond acceptors (Lipinski definition) is 5. The summed E-state index contributed by atoms with van der Waals surface area (Å²) in [6.45, 7) is 1.05. The van der Waals surface area contributed by atoms with Crippen molar-refractivity contribution in [1.29, 1.82) is 0 Å². The molecule has 0 aromatic carbocycles. The van der Waals surface area contributed by atoms with Crippen LogP contribution < -0.4 is 0 Å². The first-order valence-corrected chi connectivity index (χ1v) is 5.98. The summed E-state index contributed by atoms with van der Waals surface area (Å²) in [6.07, 6.45) is 3.24. The van der Waals surface area contributed by atoms with Gasteiger partial charge in [-0.2, -0.15) is 0 Å². The summed E-state index contributed by atoms with van der Waals surface area (Å²) in [6, 6.07) is 0. The van der Waals surface area contributed by atoms with Crippen molar-refractivity contribution in [3.05, 3.63) is 16.5 Å². The number of nitrogens with zero attached hydrogens (tertiary/aromatic N) is 2. The van der Waals surface area contributed by atoms with Crippen LogP contribution in [0.25, 0.3) is 0 Å². The highest BCUT2D eigenvalue weighted by atomic mass is 79.9. The molecule has 17 heavy (non-hydrogen) atoms. The van der Waals surface area contributed by atoms with Crippen LogP contribution in [0.15, 0.2) is 10.8 Å². The van der Waals surface area contributed by atoms with Crippen molar-refractivity contribution >= 4 is 15.9 Å². The van der Waals surface area contributed by atoms with Crippen LogP contribution >= 0.6 is 15.9 Å². The van der Waals surface area contributed by atoms with Gasteiger partial charge in [0.1, 0.15) is 12.3 Å². The molecule has 1 fully saturated rings. The molecule has 5 nitrogen and oxygen atoms in total. The van der Waals surface area contributed by atoms with Gasteiger partial charge in [0, 0.05) is 13.0 Å². The normalized spacial score (nSPS) is 18.8. The maximum Gasteiger partial charge on any atom is 0.244 e. The van der Waals surface area contributed by atoms with Gasteiger partial charge < -0.3 is 14.6 Å². The van der Waals surface area contributed by atoms with Crippen molar-refractivity contribution in [2.24, 2.45) is 0 Å². The van der Waals surface area contributed by atoms with Gasteiger partial charge in [-0.3, -0.25) is 0 Å². The molecule has 6 heteroatoms. The van der Waals surface area contributed by atoms with Crippen LogP contribution in [-0.2, 0) is 9.47 Å². The average molecular weight is 299 g/mol. The minimum absolute atomic E-state index is 0.123. The van der Waals surface area contributed by atoms with Crippen LogP contribution in [0.2, 0.25) is 0 Å². The third-order valence-electron chi connectivity index (χ3n) is 2.16. The molecular weight excluding hydrogens is 288 g/mol. The molecule has 1 N–H and O–H groups in total. The molecule has 0 radical (unpaired) electrons. The molecule has 1 aromatic rings. The van der Waals surface area contributed by atoms with E-state index in [1.165, 1.54) is 6.20 Å². The second-order valence-corrected chi connectivity index (χ2v) is 4.18. The lowest BCUT2D eigenvalue weighted by atomic mass is 10.4. The van der Waals surface area contributed by atoms with Gasteiger partial charge in [-0.05, 0) is 28.3 Å². The Balaban J connectivity index is 1.85. The molecule has 1 unspecified atom stereocenters. The lowest BCUT2D eigenvalue weighted by Gasteiger charge is -2.06. The van der Waals surface area contributed by atoms with E-state index < -0.39 is 0 Å². The van der Waals surface area contributed by atoms with E-state index in [0.29, 0.717) is 12.3 Å². The number of aromatic hydroxyl groups is 1. The van der Waals surface area contributed by atoms with Gasteiger partial charge in [-0.1, -0.05) is 5.92 Å². The fourth-order valence-corrected chi connectivity index (χ4v) is 1.65. The van der Waals surface area contributed by atoms with E-state index in [-0.39, 0.29) is 16.8 Å². The smallest absolute Gasteiger partial charge is 0.244 e. The molecule has 90 valence electrons. The number of rotatable bonds is 2. The van der Waals surface area contributed by atoms with Crippen molar-refractivity contribution in [1.82, 2.24) is 9.97 Å². The van der Waals surface area contributed by atoms with Crippen LogP contribution in [0.4, 0.5) is 0 Å². The first kappa shape index (κ1) is 12.3. The highest BCUT2D eigenvalue weighted by Crippen LogP contribution is 2.16. The zero-order valence-corrected chi connectivity index (χ0v) is 10.6. The molecule has 0 spiro atoms. The molecule has 2 rings (SSSR count). The van der Waals surface area contributed by atoms with Crippen LogP contribution in [0.5, 0.6) is 5.88 Å². The molecule has 1 atom stereocenters. The van der Waals surface area contributed by atoms with E-state index in [4.69, 9.17) is 14.6 Å². The Bertz CT molecular complexity index is 450. The van der Waals surface area contributed by atoms with Gasteiger partial charge in [-0.15, -0.1) is 0 Å². The fraction of sp³-hybridized carbons (Fsp3) is 0.455. The minimum Gasteiger partial charge on any atom is -0.491 e. The Morgan fingerprint density at radius 3 is 3.24 bits per heavy atom. The summed E-state index contributed by atoms with van der Waals surface area (Å²) >= 11 is 3.07. The summed E-state index contributed by atoms with van der Waals surface area (Å²) in [5.41, 5.74) is 0.477. The summed E-state index contributed by atoms with van der Waals surface area (Å²) in [7, 11) is 0. The van der Waals surface area contributed by atoms with Gasteiger partial charge >= 0.3 is 0 Å². The maximum absolute atomic E-state index is 9.15. The van der Waals surface area contributed by atoms with E-state index in [0.717, 1.165) is 19.4 Å². The van der Waals surface area contributed by atoms with Gasteiger partial charge in [0.25, 0.3) is 0 Å². The quantitative estimate of drug-likeness (QED) is 0.837. The van der Waals surface area contributed by atoms with Crippen molar-refractivity contribution in [2.45, 2.75) is 19.1 Å². The van der Waals surface area contributed by atoms with Crippen molar-refractivity contribution in [3.63, 3.8) is 0 Å². The largest absolute Gasteiger partial charge is 0.491 e. The summed E-state index contributed by atoms with van der Waals surface area (Å²) in [5.74, 6) is 5.46. The lowest BCUT2D eigenvalue weighted by Crippen LogP contribution is -2.10. The fourth-order valence-electron chi connectivity index (χ4n) is 1.36. The van der Waals surface area contributed by atoms with Crippen LogP contribution in [0, 0.1) is 11.8 Å². The van der Waals surface area contributed by atoms with Crippen LogP contribution in [0.1, 0.15) is 18.5 Å². The molecule has 0 aliphatic carbocycles. The highest BCUT2D eigenvalue weighted by Gasteiger charge is 2.14. The van der Waals surface area contributed by atoms with Gasteiger partial charge in [0.05, 0.1) is 6.20 Å². The summed E-state index contributed by atoms with van der Waals surface area (Å²) < 4.78 is 10.9. The molecule has 2 heterocycles. The van der Waals surface area contributed by atoms with Crippen molar-refractivity contribution in [3.8, 4) is 17.7 Å². The Morgan fingerprint density at radius 1 is 1.65 bits per heavy atom. The van der Waals surface area contributed by atoms with Crippen molar-refractivity contribution in [2.75, 3.05) is 13.2 Å². The molecule has 1 aliphatic rings. The lowest BCUT2D eigenvalue weighted by molar-refractivity contribution is -0.0996. The molecule has 0 bridgehead atoms. The zero-order valence-electron chi connectivity index (χ0n) is 9.02. The molecule has 1 aliphatic heterocycles. The number of aromatic nitrogens is 2. The second kappa shape index (κ2) is 5.96. The van der Waals surface area contributed by atoms with E-state index in [9.17, 15) is 0 Å². The zero-order chi connectivity index (χ0) is 12.1. The van der Waals surface area contributed by atoms with E-state index in [1.807, 2.05) is 0 Å². The Hall–Kier alpha value is -1.16. The van der Waals surface area contributed by atoms with E-state index in [1.54, 1.807) is 0 Å². The van der Waals surface area contributed by atoms with Gasteiger partial charge in [-0.25, -0.2) is 9.97 Å². The first-order valence-electron chi connectivity index (χ1n) is 5.19. The van der Waals surface area contributed by atoms with Gasteiger partial charge in [0.15, 0.2) is 10.9 Å². The third kappa shape index (κ3) is 3.66. The van der Waals surface area contributed by atoms with Crippen LogP contribution in [0.3, 0.4) is 0 Å². The SMILES string of the molecule is Oc1ncc(C#CCOC2CCCO2)nc1Br. The van der Waals surface area contributed by atoms with E-state index in [2.05, 4.69) is 37.7 Å². The molecular formula is C11H11BrN2O3. The third-order valence-corrected chi connectivity index (χ3v) is 2.69. The summed E-state index contributed by atoms with van der Waals surface area (Å²) in [4.78, 5) is 7.70. The predicted molar refractivity (Wildman–Crippen MR) is 63.2 cm³/mol. The topological polar surface area (TPSA) is 64.5 Å². The molecule has 0 amide bonds. The van der Waals surface area contributed by atoms with E-state index >= 15 is 0 Å². The van der Waals surface area contributed by atoms with Crippen molar-refractivity contribution < 1.29 is 14.6 Å².